The Bertz CT molecular complexity index is 497. The SMILES string of the molecule is CCC(CCBr)CNC(=O)c1ccc(Cl)cc1[N+](=O)[O-]. The van der Waals surface area contributed by atoms with Crippen LogP contribution in [0.5, 0.6) is 0 Å². The maximum absolute atomic E-state index is 12.0. The van der Waals surface area contributed by atoms with Crippen LogP contribution in [-0.4, -0.2) is 22.7 Å². The quantitative estimate of drug-likeness (QED) is 0.455. The third-order valence-corrected chi connectivity index (χ3v) is 3.74. The third kappa shape index (κ3) is 4.76. The lowest BCUT2D eigenvalue weighted by molar-refractivity contribution is -0.385. The number of halogens is 2. The number of benzene rings is 1. The maximum Gasteiger partial charge on any atom is 0.283 e. The van der Waals surface area contributed by atoms with E-state index in [0.717, 1.165) is 18.2 Å². The van der Waals surface area contributed by atoms with Crippen LogP contribution in [0.4, 0.5) is 5.69 Å². The van der Waals surface area contributed by atoms with Crippen molar-refractivity contribution in [3.63, 3.8) is 0 Å². The normalized spacial score (nSPS) is 11.9. The predicted octanol–water partition coefficient (Wildman–Crippen LogP) is 3.79. The summed E-state index contributed by atoms with van der Waals surface area (Å²) >= 11 is 9.08. The van der Waals surface area contributed by atoms with E-state index < -0.39 is 10.8 Å². The number of carbonyl (C=O) groups is 1. The van der Waals surface area contributed by atoms with Crippen molar-refractivity contribution in [2.75, 3.05) is 11.9 Å². The first-order valence-corrected chi connectivity index (χ1v) is 7.77. The summed E-state index contributed by atoms with van der Waals surface area (Å²) in [5.41, 5.74) is -0.239. The van der Waals surface area contributed by atoms with Gasteiger partial charge in [-0.2, -0.15) is 0 Å². The van der Waals surface area contributed by atoms with Crippen LogP contribution in [0.2, 0.25) is 5.02 Å². The van der Waals surface area contributed by atoms with E-state index in [1.165, 1.54) is 18.2 Å². The van der Waals surface area contributed by atoms with Crippen molar-refractivity contribution in [2.24, 2.45) is 5.92 Å². The zero-order valence-electron chi connectivity index (χ0n) is 11.1. The van der Waals surface area contributed by atoms with Crippen molar-refractivity contribution in [2.45, 2.75) is 19.8 Å². The number of nitrogens with one attached hydrogen (secondary N) is 1. The summed E-state index contributed by atoms with van der Waals surface area (Å²) in [6, 6.07) is 4.03. The van der Waals surface area contributed by atoms with Gasteiger partial charge in [-0.3, -0.25) is 14.9 Å². The Labute approximate surface area is 131 Å². The molecule has 7 heteroatoms. The average Bonchev–Trinajstić information content (AvgIpc) is 2.42. The zero-order chi connectivity index (χ0) is 15.1. The van der Waals surface area contributed by atoms with Gasteiger partial charge in [0.25, 0.3) is 11.6 Å². The number of hydrogen-bond donors (Lipinski definition) is 1. The second-order valence-electron chi connectivity index (χ2n) is 4.38. The first kappa shape index (κ1) is 16.9. The topological polar surface area (TPSA) is 72.2 Å². The van der Waals surface area contributed by atoms with E-state index in [1.54, 1.807) is 0 Å². The Hall–Kier alpha value is -1.14. The second kappa shape index (κ2) is 8.21. The lowest BCUT2D eigenvalue weighted by atomic mass is 10.0. The molecule has 0 radical (unpaired) electrons. The molecule has 20 heavy (non-hydrogen) atoms. The summed E-state index contributed by atoms with van der Waals surface area (Å²) < 4.78 is 0. The van der Waals surface area contributed by atoms with Crippen LogP contribution in [0, 0.1) is 16.0 Å². The Morgan fingerprint density at radius 3 is 2.80 bits per heavy atom. The number of nitro groups is 1. The zero-order valence-corrected chi connectivity index (χ0v) is 13.4. The molecule has 0 bridgehead atoms. The van der Waals surface area contributed by atoms with E-state index in [4.69, 9.17) is 11.6 Å². The number of alkyl halides is 1. The third-order valence-electron chi connectivity index (χ3n) is 3.05. The van der Waals surface area contributed by atoms with Gasteiger partial charge in [-0.1, -0.05) is 40.9 Å². The van der Waals surface area contributed by atoms with Gasteiger partial charge in [-0.15, -0.1) is 0 Å². The fraction of sp³-hybridized carbons (Fsp3) is 0.462. The molecule has 0 spiro atoms. The molecule has 0 saturated carbocycles. The molecule has 0 aromatic heterocycles. The molecule has 1 amide bonds. The van der Waals surface area contributed by atoms with E-state index in [2.05, 4.69) is 21.2 Å². The molecule has 1 rings (SSSR count). The Morgan fingerprint density at radius 2 is 2.25 bits per heavy atom. The van der Waals surface area contributed by atoms with Crippen LogP contribution in [0.15, 0.2) is 18.2 Å². The minimum atomic E-state index is -0.601. The summed E-state index contributed by atoms with van der Waals surface area (Å²) in [7, 11) is 0. The average molecular weight is 364 g/mol. The van der Waals surface area contributed by atoms with Crippen LogP contribution in [0.25, 0.3) is 0 Å². The molecule has 0 saturated heterocycles. The maximum atomic E-state index is 12.0. The molecule has 1 aromatic rings. The van der Waals surface area contributed by atoms with E-state index in [0.29, 0.717) is 12.5 Å². The van der Waals surface area contributed by atoms with Crippen molar-refractivity contribution in [3.05, 3.63) is 38.9 Å². The van der Waals surface area contributed by atoms with E-state index in [1.807, 2.05) is 6.92 Å². The largest absolute Gasteiger partial charge is 0.352 e. The highest BCUT2D eigenvalue weighted by molar-refractivity contribution is 9.09. The van der Waals surface area contributed by atoms with Gasteiger partial charge >= 0.3 is 0 Å². The summed E-state index contributed by atoms with van der Waals surface area (Å²) in [6.45, 7) is 2.55. The molecule has 1 unspecified atom stereocenters. The Morgan fingerprint density at radius 1 is 1.55 bits per heavy atom. The van der Waals surface area contributed by atoms with Crippen molar-refractivity contribution in [3.8, 4) is 0 Å². The van der Waals surface area contributed by atoms with Gasteiger partial charge in [-0.05, 0) is 24.5 Å². The van der Waals surface area contributed by atoms with Crippen molar-refractivity contribution >= 4 is 39.1 Å². The second-order valence-corrected chi connectivity index (χ2v) is 5.61. The van der Waals surface area contributed by atoms with Gasteiger partial charge in [0.2, 0.25) is 0 Å². The first-order valence-electron chi connectivity index (χ1n) is 6.27. The molecule has 0 aliphatic heterocycles. The first-order chi connectivity index (χ1) is 9.49. The number of amides is 1. The molecular weight excluding hydrogens is 348 g/mol. The fourth-order valence-corrected chi connectivity index (χ4v) is 2.60. The van der Waals surface area contributed by atoms with Gasteiger partial charge in [0.05, 0.1) is 4.92 Å². The number of rotatable bonds is 7. The lowest BCUT2D eigenvalue weighted by Gasteiger charge is -2.14. The number of nitro benzene ring substituents is 1. The lowest BCUT2D eigenvalue weighted by Crippen LogP contribution is -2.29. The summed E-state index contributed by atoms with van der Waals surface area (Å²) in [4.78, 5) is 22.4. The number of nitrogens with zero attached hydrogens (tertiary/aromatic N) is 1. The molecule has 0 fully saturated rings. The van der Waals surface area contributed by atoms with E-state index >= 15 is 0 Å². The van der Waals surface area contributed by atoms with Gasteiger partial charge in [0.15, 0.2) is 0 Å². The van der Waals surface area contributed by atoms with Crippen LogP contribution >= 0.6 is 27.5 Å². The summed E-state index contributed by atoms with van der Waals surface area (Å²) in [5, 5.41) is 14.8. The fourth-order valence-electron chi connectivity index (χ4n) is 1.78. The highest BCUT2D eigenvalue weighted by Crippen LogP contribution is 2.23. The molecule has 110 valence electrons. The molecule has 0 aliphatic carbocycles. The van der Waals surface area contributed by atoms with Crippen LogP contribution in [-0.2, 0) is 0 Å². The monoisotopic (exact) mass is 362 g/mol. The van der Waals surface area contributed by atoms with Crippen molar-refractivity contribution in [1.82, 2.24) is 5.32 Å². The standard InChI is InChI=1S/C13H16BrClN2O3/c1-2-9(5-6-14)8-16-13(18)11-4-3-10(15)7-12(11)17(19)20/h3-4,7,9H,2,5-6,8H2,1H3,(H,16,18). The highest BCUT2D eigenvalue weighted by atomic mass is 79.9. The Kier molecular flexibility index (Phi) is 6.95. The molecule has 0 aliphatic rings. The molecule has 1 aromatic carbocycles. The number of hydrogen-bond acceptors (Lipinski definition) is 3. The van der Waals surface area contributed by atoms with Gasteiger partial charge in [-0.25, -0.2) is 0 Å². The van der Waals surface area contributed by atoms with Crippen LogP contribution in [0.3, 0.4) is 0 Å². The van der Waals surface area contributed by atoms with Crippen LogP contribution in [0.1, 0.15) is 30.1 Å². The molecule has 0 heterocycles. The molecular formula is C13H16BrClN2O3. The van der Waals surface area contributed by atoms with E-state index in [-0.39, 0.29) is 16.3 Å². The predicted molar refractivity (Wildman–Crippen MR) is 82.6 cm³/mol. The molecule has 1 atom stereocenters. The van der Waals surface area contributed by atoms with Crippen LogP contribution < -0.4 is 5.32 Å². The minimum Gasteiger partial charge on any atom is -0.352 e. The van der Waals surface area contributed by atoms with Gasteiger partial charge < -0.3 is 5.32 Å². The molecule has 1 N–H and O–H groups in total. The minimum absolute atomic E-state index is 0.0353. The van der Waals surface area contributed by atoms with Gasteiger partial charge in [0.1, 0.15) is 5.56 Å². The molecule has 5 nitrogen and oxygen atoms in total. The van der Waals surface area contributed by atoms with Crippen molar-refractivity contribution in [1.29, 1.82) is 0 Å². The Balaban J connectivity index is 2.79. The van der Waals surface area contributed by atoms with Crippen molar-refractivity contribution < 1.29 is 9.72 Å². The number of carbonyl (C=O) groups excluding carboxylic acids is 1. The summed E-state index contributed by atoms with van der Waals surface area (Å²) in [6.07, 6.45) is 1.88. The van der Waals surface area contributed by atoms with Gasteiger partial charge in [0, 0.05) is 23.0 Å². The van der Waals surface area contributed by atoms with E-state index in [9.17, 15) is 14.9 Å². The highest BCUT2D eigenvalue weighted by Gasteiger charge is 2.20. The summed E-state index contributed by atoms with van der Waals surface area (Å²) in [5.74, 6) is -0.0916. The smallest absolute Gasteiger partial charge is 0.283 e.